The maximum absolute atomic E-state index is 9.77. The van der Waals surface area contributed by atoms with E-state index in [-0.39, 0.29) is 5.60 Å². The molecular weight excluding hydrogens is 186 g/mol. The summed E-state index contributed by atoms with van der Waals surface area (Å²) in [6.07, 6.45) is 4.60. The Kier molecular flexibility index (Phi) is 4.19. The van der Waals surface area contributed by atoms with Gasteiger partial charge in [0.1, 0.15) is 0 Å². The minimum absolute atomic E-state index is 0.290. The first-order valence-corrected chi connectivity index (χ1v) is 6.44. The quantitative estimate of drug-likeness (QED) is 0.762. The van der Waals surface area contributed by atoms with Crippen LogP contribution in [0.15, 0.2) is 0 Å². The molecule has 0 bridgehead atoms. The van der Waals surface area contributed by atoms with Gasteiger partial charge in [-0.05, 0) is 44.2 Å². The van der Waals surface area contributed by atoms with Gasteiger partial charge in [0.05, 0.1) is 5.60 Å². The summed E-state index contributed by atoms with van der Waals surface area (Å²) in [6.45, 7) is 12.0. The van der Waals surface area contributed by atoms with Gasteiger partial charge in [0.25, 0.3) is 0 Å². The van der Waals surface area contributed by atoms with Crippen molar-refractivity contribution in [3.8, 4) is 0 Å². The van der Waals surface area contributed by atoms with Crippen molar-refractivity contribution >= 4 is 0 Å². The lowest BCUT2D eigenvalue weighted by Crippen LogP contribution is -2.42. The molecule has 0 radical (unpaired) electrons. The van der Waals surface area contributed by atoms with Crippen molar-refractivity contribution < 1.29 is 5.11 Å². The van der Waals surface area contributed by atoms with E-state index in [4.69, 9.17) is 0 Å². The number of aliphatic hydroxyl groups is 1. The minimum Gasteiger partial charge on any atom is -0.389 e. The summed E-state index contributed by atoms with van der Waals surface area (Å²) in [7, 11) is 0. The van der Waals surface area contributed by atoms with E-state index in [1.54, 1.807) is 0 Å². The molecule has 1 saturated carbocycles. The average molecular weight is 213 g/mol. The monoisotopic (exact) mass is 213 g/mol. The summed E-state index contributed by atoms with van der Waals surface area (Å²) in [4.78, 5) is 2.43. The first-order chi connectivity index (χ1) is 6.99. The van der Waals surface area contributed by atoms with Crippen LogP contribution in [0, 0.1) is 5.41 Å². The molecule has 0 atom stereocenters. The molecule has 15 heavy (non-hydrogen) atoms. The smallest absolute Gasteiger partial charge is 0.0776 e. The van der Waals surface area contributed by atoms with Gasteiger partial charge in [-0.1, -0.05) is 27.7 Å². The van der Waals surface area contributed by atoms with Crippen molar-refractivity contribution in [1.82, 2.24) is 4.90 Å². The predicted octanol–water partition coefficient (Wildman–Crippen LogP) is 2.66. The Morgan fingerprint density at radius 1 is 1.00 bits per heavy atom. The lowest BCUT2D eigenvalue weighted by Gasteiger charge is -2.37. The Bertz CT molecular complexity index is 187. The third kappa shape index (κ3) is 4.12. The fourth-order valence-electron chi connectivity index (χ4n) is 2.04. The molecule has 1 N–H and O–H groups in total. The van der Waals surface area contributed by atoms with Gasteiger partial charge in [0.2, 0.25) is 0 Å². The molecule has 90 valence electrons. The van der Waals surface area contributed by atoms with Crippen molar-refractivity contribution in [2.24, 2.45) is 5.41 Å². The van der Waals surface area contributed by atoms with E-state index in [9.17, 15) is 5.11 Å². The van der Waals surface area contributed by atoms with Crippen LogP contribution in [0.1, 0.15) is 53.4 Å². The molecule has 2 rings (SSSR count). The van der Waals surface area contributed by atoms with Gasteiger partial charge in [-0.25, -0.2) is 0 Å². The molecule has 1 aliphatic heterocycles. The van der Waals surface area contributed by atoms with Gasteiger partial charge in [0, 0.05) is 6.54 Å². The molecule has 1 heterocycles. The Hall–Kier alpha value is -0.0800. The summed E-state index contributed by atoms with van der Waals surface area (Å²) >= 11 is 0. The predicted molar refractivity (Wildman–Crippen MR) is 65.0 cm³/mol. The highest BCUT2D eigenvalue weighted by Crippen LogP contribution is 2.37. The Morgan fingerprint density at radius 2 is 1.47 bits per heavy atom. The topological polar surface area (TPSA) is 23.5 Å². The van der Waals surface area contributed by atoms with Gasteiger partial charge >= 0.3 is 0 Å². The largest absolute Gasteiger partial charge is 0.389 e. The molecular formula is C13H27NO. The van der Waals surface area contributed by atoms with Crippen molar-refractivity contribution in [1.29, 1.82) is 0 Å². The highest BCUT2D eigenvalue weighted by Gasteiger charge is 2.42. The molecule has 2 aliphatic rings. The van der Waals surface area contributed by atoms with Gasteiger partial charge in [-0.2, -0.15) is 0 Å². The van der Waals surface area contributed by atoms with E-state index in [0.29, 0.717) is 5.41 Å². The van der Waals surface area contributed by atoms with Gasteiger partial charge in [-0.15, -0.1) is 0 Å². The molecule has 0 unspecified atom stereocenters. The van der Waals surface area contributed by atoms with E-state index >= 15 is 0 Å². The molecule has 0 aromatic carbocycles. The number of piperidine rings is 1. The SMILES string of the molecule is CC.CC1(C)CCN(CC2(O)CC2)CC1. The highest BCUT2D eigenvalue weighted by molar-refractivity contribution is 4.97. The zero-order valence-electron chi connectivity index (χ0n) is 10.8. The molecule has 1 saturated heterocycles. The van der Waals surface area contributed by atoms with Gasteiger partial charge in [-0.3, -0.25) is 0 Å². The Labute approximate surface area is 94.7 Å². The van der Waals surface area contributed by atoms with Crippen LogP contribution in [0.5, 0.6) is 0 Å². The normalized spacial score (nSPS) is 27.8. The van der Waals surface area contributed by atoms with E-state index in [1.807, 2.05) is 13.8 Å². The first kappa shape index (κ1) is 13.0. The number of rotatable bonds is 2. The lowest BCUT2D eigenvalue weighted by atomic mass is 9.82. The summed E-state index contributed by atoms with van der Waals surface area (Å²) in [6, 6.07) is 0. The molecule has 0 aromatic rings. The van der Waals surface area contributed by atoms with Crippen LogP contribution in [0.3, 0.4) is 0 Å². The summed E-state index contributed by atoms with van der Waals surface area (Å²) in [5, 5.41) is 9.77. The molecule has 0 amide bonds. The number of hydrogen-bond acceptors (Lipinski definition) is 2. The van der Waals surface area contributed by atoms with Crippen LogP contribution in [0.2, 0.25) is 0 Å². The molecule has 2 fully saturated rings. The van der Waals surface area contributed by atoms with Crippen LogP contribution in [0.4, 0.5) is 0 Å². The molecule has 0 aromatic heterocycles. The molecule has 0 spiro atoms. The number of nitrogens with zero attached hydrogens (tertiary/aromatic N) is 1. The maximum Gasteiger partial charge on any atom is 0.0776 e. The first-order valence-electron chi connectivity index (χ1n) is 6.44. The van der Waals surface area contributed by atoms with Crippen molar-refractivity contribution in [3.05, 3.63) is 0 Å². The average Bonchev–Trinajstić information content (AvgIpc) is 2.91. The summed E-state index contributed by atoms with van der Waals surface area (Å²) in [5.74, 6) is 0. The fourth-order valence-corrected chi connectivity index (χ4v) is 2.04. The van der Waals surface area contributed by atoms with E-state index in [2.05, 4.69) is 18.7 Å². The van der Waals surface area contributed by atoms with Crippen LogP contribution in [-0.2, 0) is 0 Å². The van der Waals surface area contributed by atoms with Crippen LogP contribution >= 0.6 is 0 Å². The number of hydrogen-bond donors (Lipinski definition) is 1. The second kappa shape index (κ2) is 4.84. The van der Waals surface area contributed by atoms with Crippen LogP contribution in [0.25, 0.3) is 0 Å². The van der Waals surface area contributed by atoms with E-state index in [0.717, 1.165) is 19.4 Å². The Morgan fingerprint density at radius 3 is 1.87 bits per heavy atom. The van der Waals surface area contributed by atoms with Gasteiger partial charge in [0.15, 0.2) is 0 Å². The third-order valence-electron chi connectivity index (χ3n) is 3.55. The number of β-amino-alcohol motifs (C(OH)–C–C–N with tert-alkyl or cyclic N) is 1. The van der Waals surface area contributed by atoms with E-state index < -0.39 is 0 Å². The third-order valence-corrected chi connectivity index (χ3v) is 3.55. The summed E-state index contributed by atoms with van der Waals surface area (Å²) in [5.41, 5.74) is 0.240. The number of likely N-dealkylation sites (tertiary alicyclic amines) is 1. The van der Waals surface area contributed by atoms with E-state index in [1.165, 1.54) is 25.9 Å². The van der Waals surface area contributed by atoms with Crippen molar-refractivity contribution in [2.45, 2.75) is 59.0 Å². The van der Waals surface area contributed by atoms with Gasteiger partial charge < -0.3 is 10.0 Å². The molecule has 2 nitrogen and oxygen atoms in total. The second-order valence-electron chi connectivity index (χ2n) is 5.66. The second-order valence-corrected chi connectivity index (χ2v) is 5.66. The minimum atomic E-state index is -0.290. The zero-order valence-corrected chi connectivity index (χ0v) is 10.8. The van der Waals surface area contributed by atoms with Crippen LogP contribution < -0.4 is 0 Å². The standard InChI is InChI=1S/C11H21NO.C2H6/c1-10(2)5-7-12(8-6-10)9-11(13)3-4-11;1-2/h13H,3-9H2,1-2H3;1-2H3. The fraction of sp³-hybridized carbons (Fsp3) is 1.00. The molecule has 2 heteroatoms. The van der Waals surface area contributed by atoms with Crippen molar-refractivity contribution in [2.75, 3.05) is 19.6 Å². The molecule has 1 aliphatic carbocycles. The van der Waals surface area contributed by atoms with Crippen LogP contribution in [-0.4, -0.2) is 35.2 Å². The lowest BCUT2D eigenvalue weighted by molar-refractivity contribution is 0.0567. The maximum atomic E-state index is 9.77. The Balaban J connectivity index is 0.000000531. The highest BCUT2D eigenvalue weighted by atomic mass is 16.3. The zero-order chi connectivity index (χ0) is 11.5. The van der Waals surface area contributed by atoms with Crippen molar-refractivity contribution in [3.63, 3.8) is 0 Å². The summed E-state index contributed by atoms with van der Waals surface area (Å²) < 4.78 is 0.